The number of hydrogen-bond donors (Lipinski definition) is 0. The summed E-state index contributed by atoms with van der Waals surface area (Å²) >= 11 is 0. The Morgan fingerprint density at radius 3 is 2.40 bits per heavy atom. The van der Waals surface area contributed by atoms with Crippen molar-refractivity contribution in [1.82, 2.24) is 14.5 Å². The molecule has 1 aliphatic heterocycles. The summed E-state index contributed by atoms with van der Waals surface area (Å²) in [6, 6.07) is 8.82. The normalized spacial score (nSPS) is 16.0. The first-order valence-electron chi connectivity index (χ1n) is 7.68. The van der Waals surface area contributed by atoms with Crippen LogP contribution in [0.3, 0.4) is 0 Å². The van der Waals surface area contributed by atoms with E-state index in [9.17, 15) is 18.5 Å². The van der Waals surface area contributed by atoms with Gasteiger partial charge in [0, 0.05) is 38.3 Å². The highest BCUT2D eigenvalue weighted by atomic mass is 32.2. The molecule has 9 nitrogen and oxygen atoms in total. The van der Waals surface area contributed by atoms with E-state index in [2.05, 4.69) is 10.2 Å². The highest BCUT2D eigenvalue weighted by Crippen LogP contribution is 2.23. The Morgan fingerprint density at radius 2 is 1.80 bits per heavy atom. The number of benzene rings is 1. The maximum Gasteiger partial charge on any atom is 0.270 e. The number of nitro benzene ring substituents is 1. The van der Waals surface area contributed by atoms with Crippen LogP contribution in [0.5, 0.6) is 0 Å². The monoisotopic (exact) mass is 363 g/mol. The summed E-state index contributed by atoms with van der Waals surface area (Å²) in [4.78, 5) is 12.2. The van der Waals surface area contributed by atoms with Crippen LogP contribution in [-0.4, -0.2) is 54.0 Å². The molecule has 0 N–H and O–H groups in total. The molecule has 0 radical (unpaired) electrons. The number of non-ortho nitro benzene ring substituents is 1. The molecule has 3 rings (SSSR count). The summed E-state index contributed by atoms with van der Waals surface area (Å²) in [6.07, 6.45) is 0. The second kappa shape index (κ2) is 6.73. The van der Waals surface area contributed by atoms with Gasteiger partial charge >= 0.3 is 0 Å². The first kappa shape index (κ1) is 17.2. The van der Waals surface area contributed by atoms with Gasteiger partial charge in [-0.25, -0.2) is 8.42 Å². The van der Waals surface area contributed by atoms with Crippen LogP contribution < -0.4 is 4.90 Å². The molecule has 10 heteroatoms. The summed E-state index contributed by atoms with van der Waals surface area (Å²) in [7, 11) is -3.76. The molecule has 0 saturated carbocycles. The van der Waals surface area contributed by atoms with Crippen LogP contribution in [0.4, 0.5) is 11.5 Å². The molecule has 0 bridgehead atoms. The average Bonchev–Trinajstić information content (AvgIpc) is 2.62. The van der Waals surface area contributed by atoms with Crippen molar-refractivity contribution < 1.29 is 13.3 Å². The van der Waals surface area contributed by atoms with Crippen molar-refractivity contribution in [3.05, 3.63) is 52.2 Å². The average molecular weight is 363 g/mol. The van der Waals surface area contributed by atoms with Crippen LogP contribution in [0.2, 0.25) is 0 Å². The highest BCUT2D eigenvalue weighted by molar-refractivity contribution is 7.89. The Balaban J connectivity index is 1.74. The zero-order valence-electron chi connectivity index (χ0n) is 13.6. The van der Waals surface area contributed by atoms with Gasteiger partial charge in [0.1, 0.15) is 0 Å². The molecule has 2 heterocycles. The van der Waals surface area contributed by atoms with Crippen LogP contribution in [0, 0.1) is 17.0 Å². The van der Waals surface area contributed by atoms with E-state index in [4.69, 9.17) is 0 Å². The third-order valence-electron chi connectivity index (χ3n) is 4.01. The number of piperazine rings is 1. The fourth-order valence-corrected chi connectivity index (χ4v) is 4.09. The molecule has 1 aromatic carbocycles. The molecule has 0 aliphatic carbocycles. The molecule has 1 saturated heterocycles. The van der Waals surface area contributed by atoms with Crippen LogP contribution in [0.1, 0.15) is 5.69 Å². The van der Waals surface area contributed by atoms with Gasteiger partial charge in [-0.05, 0) is 25.1 Å². The van der Waals surface area contributed by atoms with E-state index >= 15 is 0 Å². The number of nitrogens with zero attached hydrogens (tertiary/aromatic N) is 5. The minimum Gasteiger partial charge on any atom is -0.352 e. The molecule has 1 aliphatic rings. The van der Waals surface area contributed by atoms with Crippen molar-refractivity contribution >= 4 is 21.5 Å². The van der Waals surface area contributed by atoms with Gasteiger partial charge in [-0.2, -0.15) is 9.40 Å². The van der Waals surface area contributed by atoms with E-state index in [1.165, 1.54) is 22.5 Å². The Labute approximate surface area is 145 Å². The molecular formula is C15H17N5O4S. The first-order valence-corrected chi connectivity index (χ1v) is 9.12. The van der Waals surface area contributed by atoms with Crippen molar-refractivity contribution in [2.75, 3.05) is 31.1 Å². The lowest BCUT2D eigenvalue weighted by Crippen LogP contribution is -2.49. The maximum atomic E-state index is 12.7. The largest absolute Gasteiger partial charge is 0.352 e. The van der Waals surface area contributed by atoms with E-state index < -0.39 is 14.9 Å². The second-order valence-electron chi connectivity index (χ2n) is 5.68. The van der Waals surface area contributed by atoms with Gasteiger partial charge in [-0.15, -0.1) is 5.10 Å². The first-order chi connectivity index (χ1) is 11.9. The van der Waals surface area contributed by atoms with E-state index in [-0.39, 0.29) is 23.7 Å². The summed E-state index contributed by atoms with van der Waals surface area (Å²) in [5.74, 6) is 0.706. The highest BCUT2D eigenvalue weighted by Gasteiger charge is 2.29. The van der Waals surface area contributed by atoms with Crippen LogP contribution >= 0.6 is 0 Å². The zero-order valence-corrected chi connectivity index (χ0v) is 14.4. The van der Waals surface area contributed by atoms with E-state index in [1.807, 2.05) is 24.0 Å². The van der Waals surface area contributed by atoms with Crippen molar-refractivity contribution in [2.45, 2.75) is 11.8 Å². The molecule has 132 valence electrons. The van der Waals surface area contributed by atoms with Gasteiger partial charge in [0.2, 0.25) is 10.0 Å². The lowest BCUT2D eigenvalue weighted by molar-refractivity contribution is -0.385. The molecule has 1 aromatic heterocycles. The number of rotatable bonds is 4. The Bertz CT molecular complexity index is 877. The number of anilines is 1. The molecule has 25 heavy (non-hydrogen) atoms. The van der Waals surface area contributed by atoms with Crippen LogP contribution in [-0.2, 0) is 10.0 Å². The van der Waals surface area contributed by atoms with Crippen molar-refractivity contribution in [2.24, 2.45) is 0 Å². The molecule has 2 aromatic rings. The minimum atomic E-state index is -3.76. The smallest absolute Gasteiger partial charge is 0.270 e. The Morgan fingerprint density at radius 1 is 1.08 bits per heavy atom. The molecule has 0 atom stereocenters. The number of nitro groups is 1. The number of aromatic nitrogens is 2. The Kier molecular flexibility index (Phi) is 4.64. The summed E-state index contributed by atoms with van der Waals surface area (Å²) in [5, 5.41) is 19.0. The van der Waals surface area contributed by atoms with Crippen LogP contribution in [0.25, 0.3) is 0 Å². The van der Waals surface area contributed by atoms with Gasteiger partial charge < -0.3 is 4.90 Å². The van der Waals surface area contributed by atoms with Crippen LogP contribution in [0.15, 0.2) is 41.3 Å². The fourth-order valence-electron chi connectivity index (χ4n) is 2.62. The molecule has 1 fully saturated rings. The van der Waals surface area contributed by atoms with E-state index in [1.54, 1.807) is 0 Å². The van der Waals surface area contributed by atoms with Crippen molar-refractivity contribution in [3.8, 4) is 0 Å². The van der Waals surface area contributed by atoms with E-state index in [0.717, 1.165) is 11.8 Å². The number of sulfonamides is 1. The second-order valence-corrected chi connectivity index (χ2v) is 7.62. The predicted molar refractivity (Wildman–Crippen MR) is 90.8 cm³/mol. The number of aryl methyl sites for hydroxylation is 1. The fraction of sp³-hybridized carbons (Fsp3) is 0.333. The van der Waals surface area contributed by atoms with Crippen molar-refractivity contribution in [1.29, 1.82) is 0 Å². The summed E-state index contributed by atoms with van der Waals surface area (Å²) < 4.78 is 26.8. The third kappa shape index (κ3) is 3.59. The zero-order chi connectivity index (χ0) is 18.0. The summed E-state index contributed by atoms with van der Waals surface area (Å²) in [6.45, 7) is 3.36. The van der Waals surface area contributed by atoms with Gasteiger partial charge in [0.25, 0.3) is 5.69 Å². The van der Waals surface area contributed by atoms with Gasteiger partial charge in [0.15, 0.2) is 5.82 Å². The molecule has 0 amide bonds. The van der Waals surface area contributed by atoms with Gasteiger partial charge in [-0.1, -0.05) is 6.07 Å². The van der Waals surface area contributed by atoms with E-state index in [0.29, 0.717) is 18.9 Å². The quantitative estimate of drug-likeness (QED) is 0.593. The molecule has 0 spiro atoms. The maximum absolute atomic E-state index is 12.7. The lowest BCUT2D eigenvalue weighted by Gasteiger charge is -2.34. The third-order valence-corrected chi connectivity index (χ3v) is 5.91. The molecule has 0 unspecified atom stereocenters. The molecular weight excluding hydrogens is 346 g/mol. The van der Waals surface area contributed by atoms with Gasteiger partial charge in [0.05, 0.1) is 15.5 Å². The lowest BCUT2D eigenvalue weighted by atomic mass is 10.3. The summed E-state index contributed by atoms with van der Waals surface area (Å²) in [5.41, 5.74) is 0.574. The van der Waals surface area contributed by atoms with Gasteiger partial charge in [-0.3, -0.25) is 10.1 Å². The topological polar surface area (TPSA) is 110 Å². The minimum absolute atomic E-state index is 0.0646. The SMILES string of the molecule is Cc1ccc(N2CCN(S(=O)(=O)c3cccc([N+](=O)[O-])c3)CC2)nn1. The Hall–Kier alpha value is -2.59. The van der Waals surface area contributed by atoms with Crippen molar-refractivity contribution in [3.63, 3.8) is 0 Å². The number of hydrogen-bond acceptors (Lipinski definition) is 7. The standard InChI is InChI=1S/C15H17N5O4S/c1-12-5-6-15(17-16-12)18-7-9-19(10-8-18)25(23,24)14-4-2-3-13(11-14)20(21)22/h2-6,11H,7-10H2,1H3. The predicted octanol–water partition coefficient (Wildman–Crippen LogP) is 1.20.